The van der Waals surface area contributed by atoms with Crippen LogP contribution in [-0.2, 0) is 9.59 Å². The van der Waals surface area contributed by atoms with Gasteiger partial charge in [0.1, 0.15) is 11.5 Å². The number of amides is 1. The Morgan fingerprint density at radius 3 is 2.26 bits per heavy atom. The van der Waals surface area contributed by atoms with E-state index in [4.69, 9.17) is 0 Å². The van der Waals surface area contributed by atoms with Gasteiger partial charge in [-0.15, -0.1) is 0 Å². The number of rotatable bonds is 5. The molecule has 1 aliphatic heterocycles. The largest absolute Gasteiger partial charge is 0.508 e. The molecule has 0 aromatic heterocycles. The van der Waals surface area contributed by atoms with E-state index in [1.54, 1.807) is 36.4 Å². The molecule has 0 unspecified atom stereocenters. The molecule has 1 heterocycles. The Hall–Kier alpha value is -3.12. The zero-order valence-electron chi connectivity index (χ0n) is 15.3. The van der Waals surface area contributed by atoms with E-state index in [1.807, 2.05) is 25.1 Å². The van der Waals surface area contributed by atoms with Gasteiger partial charge in [0.2, 0.25) is 0 Å². The second-order valence-corrected chi connectivity index (χ2v) is 6.75. The van der Waals surface area contributed by atoms with Crippen molar-refractivity contribution in [3.8, 4) is 5.75 Å². The van der Waals surface area contributed by atoms with Gasteiger partial charge >= 0.3 is 0 Å². The van der Waals surface area contributed by atoms with Crippen molar-refractivity contribution in [3.63, 3.8) is 0 Å². The van der Waals surface area contributed by atoms with Crippen LogP contribution in [0.15, 0.2) is 60.2 Å². The van der Waals surface area contributed by atoms with Gasteiger partial charge in [-0.25, -0.2) is 0 Å². The average Bonchev–Trinajstić information content (AvgIpc) is 2.91. The lowest BCUT2D eigenvalue weighted by Crippen LogP contribution is -2.35. The number of aliphatic hydroxyl groups excluding tert-OH is 1. The van der Waals surface area contributed by atoms with E-state index in [9.17, 15) is 19.8 Å². The molecule has 1 saturated heterocycles. The van der Waals surface area contributed by atoms with E-state index >= 15 is 0 Å². The number of likely N-dealkylation sites (tertiary alicyclic amines) is 1. The smallest absolute Gasteiger partial charge is 0.295 e. The summed E-state index contributed by atoms with van der Waals surface area (Å²) in [6.07, 6.45) is 0. The summed E-state index contributed by atoms with van der Waals surface area (Å²) in [6.45, 7) is 0.918. The van der Waals surface area contributed by atoms with Crippen molar-refractivity contribution in [2.24, 2.45) is 0 Å². The predicted octanol–water partition coefficient (Wildman–Crippen LogP) is 2.38. The van der Waals surface area contributed by atoms with Gasteiger partial charge in [0.15, 0.2) is 0 Å². The lowest BCUT2D eigenvalue weighted by atomic mass is 9.95. The van der Waals surface area contributed by atoms with Gasteiger partial charge in [0, 0.05) is 18.7 Å². The Kier molecular flexibility index (Phi) is 5.28. The zero-order valence-corrected chi connectivity index (χ0v) is 15.3. The number of nitrogens with zero attached hydrogens (tertiary/aromatic N) is 2. The maximum atomic E-state index is 12.8. The van der Waals surface area contributed by atoms with E-state index in [2.05, 4.69) is 0 Å². The Labute approximate surface area is 158 Å². The van der Waals surface area contributed by atoms with Gasteiger partial charge in [-0.2, -0.15) is 0 Å². The monoisotopic (exact) mass is 366 g/mol. The van der Waals surface area contributed by atoms with Crippen LogP contribution in [0.3, 0.4) is 0 Å². The molecule has 140 valence electrons. The Bertz CT molecular complexity index is 873. The van der Waals surface area contributed by atoms with E-state index in [1.165, 1.54) is 17.0 Å². The van der Waals surface area contributed by atoms with Crippen LogP contribution in [-0.4, -0.2) is 58.9 Å². The summed E-state index contributed by atoms with van der Waals surface area (Å²) in [7, 11) is 3.77. The fourth-order valence-electron chi connectivity index (χ4n) is 3.17. The minimum atomic E-state index is -0.703. The molecule has 1 amide bonds. The van der Waals surface area contributed by atoms with Crippen LogP contribution in [0.1, 0.15) is 17.2 Å². The Morgan fingerprint density at radius 1 is 1.04 bits per heavy atom. The van der Waals surface area contributed by atoms with Crippen LogP contribution in [0.2, 0.25) is 0 Å². The van der Waals surface area contributed by atoms with Gasteiger partial charge in [-0.05, 0) is 31.8 Å². The number of carbonyl (C=O) groups is 2. The summed E-state index contributed by atoms with van der Waals surface area (Å²) in [5, 5.41) is 20.4. The summed E-state index contributed by atoms with van der Waals surface area (Å²) in [6, 6.07) is 14.3. The number of benzene rings is 2. The summed E-state index contributed by atoms with van der Waals surface area (Å²) >= 11 is 0. The van der Waals surface area contributed by atoms with Gasteiger partial charge in [0.25, 0.3) is 11.7 Å². The first kappa shape index (κ1) is 18.7. The fraction of sp³-hybridized carbons (Fsp3) is 0.238. The van der Waals surface area contributed by atoms with Crippen molar-refractivity contribution < 1.29 is 19.8 Å². The number of phenolic OH excluding ortho intramolecular Hbond substituents is 1. The summed E-state index contributed by atoms with van der Waals surface area (Å²) in [5.41, 5.74) is 1.20. The maximum absolute atomic E-state index is 12.8. The molecule has 6 nitrogen and oxygen atoms in total. The van der Waals surface area contributed by atoms with Crippen molar-refractivity contribution in [2.75, 3.05) is 27.2 Å². The Balaban J connectivity index is 2.13. The summed E-state index contributed by atoms with van der Waals surface area (Å²) in [4.78, 5) is 28.8. The molecule has 3 rings (SSSR count). The molecule has 0 aliphatic carbocycles. The molecule has 0 saturated carbocycles. The standard InChI is InChI=1S/C21H22N2O4/c1-22(2)12-13-23-18(14-8-10-16(24)11-9-14)17(20(26)21(23)27)19(25)15-6-4-3-5-7-15/h3-11,18,24-25H,12-13H2,1-2H3/t18-/m1/s1. The second-order valence-electron chi connectivity index (χ2n) is 6.75. The predicted molar refractivity (Wildman–Crippen MR) is 102 cm³/mol. The first-order valence-corrected chi connectivity index (χ1v) is 8.67. The molecule has 2 aromatic carbocycles. The van der Waals surface area contributed by atoms with Gasteiger partial charge in [-0.3, -0.25) is 9.59 Å². The van der Waals surface area contributed by atoms with Crippen LogP contribution in [0.25, 0.3) is 5.76 Å². The van der Waals surface area contributed by atoms with E-state index in [-0.39, 0.29) is 17.1 Å². The quantitative estimate of drug-likeness (QED) is 0.482. The number of hydrogen-bond acceptors (Lipinski definition) is 5. The third-order valence-corrected chi connectivity index (χ3v) is 4.58. The number of likely N-dealkylation sites (N-methyl/N-ethyl adjacent to an activating group) is 1. The van der Waals surface area contributed by atoms with Crippen molar-refractivity contribution in [1.82, 2.24) is 9.80 Å². The first-order chi connectivity index (χ1) is 12.9. The number of aromatic hydroxyl groups is 1. The number of phenols is 1. The van der Waals surface area contributed by atoms with Crippen molar-refractivity contribution in [3.05, 3.63) is 71.3 Å². The molecule has 1 atom stereocenters. The molecule has 1 aliphatic rings. The van der Waals surface area contributed by atoms with E-state index in [0.29, 0.717) is 24.2 Å². The normalized spacial score (nSPS) is 19.1. The topological polar surface area (TPSA) is 81.1 Å². The van der Waals surface area contributed by atoms with Crippen LogP contribution in [0.5, 0.6) is 5.75 Å². The van der Waals surface area contributed by atoms with Gasteiger partial charge in [-0.1, -0.05) is 42.5 Å². The third kappa shape index (κ3) is 3.71. The maximum Gasteiger partial charge on any atom is 0.295 e. The molecule has 2 aromatic rings. The summed E-state index contributed by atoms with van der Waals surface area (Å²) in [5.74, 6) is -1.44. The van der Waals surface area contributed by atoms with Crippen LogP contribution in [0, 0.1) is 0 Å². The molecule has 2 N–H and O–H groups in total. The molecule has 1 fully saturated rings. The molecule has 0 bridgehead atoms. The molecule has 0 spiro atoms. The highest BCUT2D eigenvalue weighted by Gasteiger charge is 2.45. The fourth-order valence-corrected chi connectivity index (χ4v) is 3.17. The second kappa shape index (κ2) is 7.63. The average molecular weight is 366 g/mol. The number of ketones is 1. The number of aliphatic hydroxyl groups is 1. The highest BCUT2D eigenvalue weighted by Crippen LogP contribution is 2.39. The van der Waals surface area contributed by atoms with Crippen LogP contribution >= 0.6 is 0 Å². The SMILES string of the molecule is CN(C)CCN1C(=O)C(=O)C(=C(O)c2ccccc2)[C@H]1c1ccc(O)cc1. The summed E-state index contributed by atoms with van der Waals surface area (Å²) < 4.78 is 0. The molecule has 6 heteroatoms. The van der Waals surface area contributed by atoms with Crippen LogP contribution in [0.4, 0.5) is 0 Å². The number of hydrogen-bond donors (Lipinski definition) is 2. The van der Waals surface area contributed by atoms with Crippen LogP contribution < -0.4 is 0 Å². The van der Waals surface area contributed by atoms with E-state index < -0.39 is 17.7 Å². The zero-order chi connectivity index (χ0) is 19.6. The molecule has 0 radical (unpaired) electrons. The van der Waals surface area contributed by atoms with Gasteiger partial charge in [0.05, 0.1) is 11.6 Å². The van der Waals surface area contributed by atoms with Crippen molar-refractivity contribution >= 4 is 17.4 Å². The molecular weight excluding hydrogens is 344 g/mol. The third-order valence-electron chi connectivity index (χ3n) is 4.58. The number of Topliss-reactive ketones (excluding diaryl/α,β-unsaturated/α-hetero) is 1. The lowest BCUT2D eigenvalue weighted by molar-refractivity contribution is -0.140. The minimum Gasteiger partial charge on any atom is -0.508 e. The highest BCUT2D eigenvalue weighted by molar-refractivity contribution is 6.46. The van der Waals surface area contributed by atoms with E-state index in [0.717, 1.165) is 0 Å². The van der Waals surface area contributed by atoms with Crippen molar-refractivity contribution in [2.45, 2.75) is 6.04 Å². The Morgan fingerprint density at radius 2 is 1.67 bits per heavy atom. The van der Waals surface area contributed by atoms with Crippen molar-refractivity contribution in [1.29, 1.82) is 0 Å². The lowest BCUT2D eigenvalue weighted by Gasteiger charge is -2.26. The first-order valence-electron chi connectivity index (χ1n) is 8.67. The highest BCUT2D eigenvalue weighted by atomic mass is 16.3. The molecular formula is C21H22N2O4. The molecule has 27 heavy (non-hydrogen) atoms. The minimum absolute atomic E-state index is 0.0654. The number of carbonyl (C=O) groups excluding carboxylic acids is 2. The van der Waals surface area contributed by atoms with Gasteiger partial charge < -0.3 is 20.0 Å².